The Morgan fingerprint density at radius 1 is 1.39 bits per heavy atom. The number of hydrogen-bond donors (Lipinski definition) is 1. The largest absolute Gasteiger partial charge is 0.365 e. The van der Waals surface area contributed by atoms with Crippen LogP contribution in [0.4, 0.5) is 5.69 Å². The molecule has 1 aromatic heterocycles. The van der Waals surface area contributed by atoms with Crippen LogP contribution < -0.4 is 10.2 Å². The molecule has 3 heteroatoms. The number of piperazine rings is 1. The fourth-order valence-electron chi connectivity index (χ4n) is 2.56. The maximum absolute atomic E-state index is 4.41. The molecule has 2 heterocycles. The molecule has 0 aliphatic carbocycles. The van der Waals surface area contributed by atoms with Gasteiger partial charge in [-0.2, -0.15) is 0 Å². The second kappa shape index (κ2) is 4.88. The van der Waals surface area contributed by atoms with E-state index in [1.165, 1.54) is 5.69 Å². The van der Waals surface area contributed by atoms with E-state index in [9.17, 15) is 0 Å². The first-order valence-electron chi connectivity index (χ1n) is 6.81. The summed E-state index contributed by atoms with van der Waals surface area (Å²) in [6.45, 7) is 13.4. The average Bonchev–Trinajstić information content (AvgIpc) is 2.29. The molecule has 3 nitrogen and oxygen atoms in total. The van der Waals surface area contributed by atoms with Gasteiger partial charge in [0, 0.05) is 31.4 Å². The fourth-order valence-corrected chi connectivity index (χ4v) is 2.56. The van der Waals surface area contributed by atoms with Crippen LogP contribution in [0.5, 0.6) is 0 Å². The van der Waals surface area contributed by atoms with E-state index in [0.29, 0.717) is 12.1 Å². The molecule has 2 atom stereocenters. The average molecular weight is 247 g/mol. The summed E-state index contributed by atoms with van der Waals surface area (Å²) in [5, 5.41) is 3.67. The van der Waals surface area contributed by atoms with Crippen LogP contribution in [0.2, 0.25) is 0 Å². The Hall–Kier alpha value is -1.09. The zero-order valence-corrected chi connectivity index (χ0v) is 12.2. The predicted molar refractivity (Wildman–Crippen MR) is 77.0 cm³/mol. The van der Waals surface area contributed by atoms with Crippen molar-refractivity contribution >= 4 is 5.69 Å². The molecular weight excluding hydrogens is 222 g/mol. The lowest BCUT2D eigenvalue weighted by atomic mass is 9.84. The van der Waals surface area contributed by atoms with Gasteiger partial charge in [0.15, 0.2) is 0 Å². The summed E-state index contributed by atoms with van der Waals surface area (Å²) in [7, 11) is 0. The molecule has 2 unspecified atom stereocenters. The van der Waals surface area contributed by atoms with Gasteiger partial charge in [0.2, 0.25) is 0 Å². The van der Waals surface area contributed by atoms with Crippen LogP contribution in [-0.4, -0.2) is 30.2 Å². The topological polar surface area (TPSA) is 28.2 Å². The van der Waals surface area contributed by atoms with Crippen molar-refractivity contribution < 1.29 is 0 Å². The second-order valence-corrected chi connectivity index (χ2v) is 6.44. The van der Waals surface area contributed by atoms with Gasteiger partial charge in [-0.15, -0.1) is 0 Å². The van der Waals surface area contributed by atoms with E-state index in [1.54, 1.807) is 0 Å². The Kier molecular flexibility index (Phi) is 3.62. The van der Waals surface area contributed by atoms with E-state index >= 15 is 0 Å². The molecule has 1 aromatic rings. The molecule has 100 valence electrons. The molecule has 1 aliphatic rings. The molecule has 1 aliphatic heterocycles. The molecule has 2 rings (SSSR count). The summed E-state index contributed by atoms with van der Waals surface area (Å²) in [6, 6.07) is 5.26. The van der Waals surface area contributed by atoms with Gasteiger partial charge in [-0.25, -0.2) is 0 Å². The smallest absolute Gasteiger partial charge is 0.0605 e. The number of nitrogens with one attached hydrogen (secondary N) is 1. The molecule has 0 amide bonds. The van der Waals surface area contributed by atoms with E-state index in [2.05, 4.69) is 55.9 Å². The maximum Gasteiger partial charge on any atom is 0.0605 e. The highest BCUT2D eigenvalue weighted by atomic mass is 15.2. The maximum atomic E-state index is 4.41. The van der Waals surface area contributed by atoms with Crippen molar-refractivity contribution in [2.45, 2.75) is 46.7 Å². The predicted octanol–water partition coefficient (Wildman–Crippen LogP) is 2.60. The molecule has 0 radical (unpaired) electrons. The highest BCUT2D eigenvalue weighted by Gasteiger charge is 2.32. The quantitative estimate of drug-likeness (QED) is 0.827. The van der Waals surface area contributed by atoms with Crippen LogP contribution in [0.3, 0.4) is 0 Å². The fraction of sp³-hybridized carbons (Fsp3) is 0.667. The van der Waals surface area contributed by atoms with Gasteiger partial charge in [0.1, 0.15) is 0 Å². The van der Waals surface area contributed by atoms with Crippen molar-refractivity contribution in [1.82, 2.24) is 10.3 Å². The summed E-state index contributed by atoms with van der Waals surface area (Å²) < 4.78 is 0. The standard InChI is InChI=1S/C15H25N3/c1-11-9-17-14(15(3,4)5)10-18(11)13-7-6-8-16-12(13)2/h6-8,11,14,17H,9-10H2,1-5H3. The Balaban J connectivity index is 2.23. The van der Waals surface area contributed by atoms with Crippen LogP contribution in [-0.2, 0) is 0 Å². The van der Waals surface area contributed by atoms with Gasteiger partial charge in [-0.3, -0.25) is 4.98 Å². The number of nitrogens with zero attached hydrogens (tertiary/aromatic N) is 2. The number of aromatic nitrogens is 1. The van der Waals surface area contributed by atoms with Crippen LogP contribution in [0, 0.1) is 12.3 Å². The molecule has 1 saturated heterocycles. The number of hydrogen-bond acceptors (Lipinski definition) is 3. The minimum absolute atomic E-state index is 0.286. The van der Waals surface area contributed by atoms with Crippen molar-refractivity contribution in [3.63, 3.8) is 0 Å². The van der Waals surface area contributed by atoms with Gasteiger partial charge in [-0.05, 0) is 31.4 Å². The third-order valence-electron chi connectivity index (χ3n) is 3.90. The van der Waals surface area contributed by atoms with Gasteiger partial charge in [0.05, 0.1) is 11.4 Å². The summed E-state index contributed by atoms with van der Waals surface area (Å²) in [6.07, 6.45) is 1.87. The van der Waals surface area contributed by atoms with Gasteiger partial charge in [0.25, 0.3) is 0 Å². The molecular formula is C15H25N3. The number of anilines is 1. The second-order valence-electron chi connectivity index (χ2n) is 6.44. The van der Waals surface area contributed by atoms with Crippen LogP contribution >= 0.6 is 0 Å². The van der Waals surface area contributed by atoms with Gasteiger partial charge >= 0.3 is 0 Å². The first kappa shape index (κ1) is 13.3. The summed E-state index contributed by atoms with van der Waals surface area (Å²) in [4.78, 5) is 6.91. The monoisotopic (exact) mass is 247 g/mol. The number of pyridine rings is 1. The Morgan fingerprint density at radius 3 is 2.72 bits per heavy atom. The normalized spacial score (nSPS) is 25.3. The molecule has 18 heavy (non-hydrogen) atoms. The minimum Gasteiger partial charge on any atom is -0.365 e. The first-order chi connectivity index (χ1) is 8.39. The van der Waals surface area contributed by atoms with Crippen molar-refractivity contribution in [2.75, 3.05) is 18.0 Å². The molecule has 0 aromatic carbocycles. The third-order valence-corrected chi connectivity index (χ3v) is 3.90. The summed E-state index contributed by atoms with van der Waals surface area (Å²) in [5.41, 5.74) is 2.69. The summed E-state index contributed by atoms with van der Waals surface area (Å²) >= 11 is 0. The zero-order chi connectivity index (χ0) is 13.3. The van der Waals surface area contributed by atoms with E-state index in [4.69, 9.17) is 0 Å². The number of rotatable bonds is 1. The lowest BCUT2D eigenvalue weighted by Gasteiger charge is -2.45. The van der Waals surface area contributed by atoms with Crippen LogP contribution in [0.15, 0.2) is 18.3 Å². The van der Waals surface area contributed by atoms with Crippen molar-refractivity contribution in [3.8, 4) is 0 Å². The van der Waals surface area contributed by atoms with Crippen LogP contribution in [0.1, 0.15) is 33.4 Å². The van der Waals surface area contributed by atoms with E-state index in [-0.39, 0.29) is 5.41 Å². The van der Waals surface area contributed by atoms with Crippen molar-refractivity contribution in [2.24, 2.45) is 5.41 Å². The lowest BCUT2D eigenvalue weighted by Crippen LogP contribution is -2.59. The van der Waals surface area contributed by atoms with Crippen molar-refractivity contribution in [1.29, 1.82) is 0 Å². The molecule has 0 saturated carbocycles. The Labute approximate surface area is 111 Å². The minimum atomic E-state index is 0.286. The van der Waals surface area contributed by atoms with Gasteiger partial charge in [-0.1, -0.05) is 20.8 Å². The number of aryl methyl sites for hydroxylation is 1. The Morgan fingerprint density at radius 2 is 2.11 bits per heavy atom. The highest BCUT2D eigenvalue weighted by Crippen LogP contribution is 2.28. The Bertz CT molecular complexity index is 408. The lowest BCUT2D eigenvalue weighted by molar-refractivity contribution is 0.238. The van der Waals surface area contributed by atoms with Crippen LogP contribution in [0.25, 0.3) is 0 Å². The zero-order valence-electron chi connectivity index (χ0n) is 12.2. The molecule has 0 spiro atoms. The third kappa shape index (κ3) is 2.66. The van der Waals surface area contributed by atoms with E-state index < -0.39 is 0 Å². The van der Waals surface area contributed by atoms with E-state index in [1.807, 2.05) is 12.3 Å². The molecule has 0 bridgehead atoms. The van der Waals surface area contributed by atoms with Crippen molar-refractivity contribution in [3.05, 3.63) is 24.0 Å². The SMILES string of the molecule is Cc1ncccc1N1CC(C(C)(C)C)NCC1C. The first-order valence-corrected chi connectivity index (χ1v) is 6.81. The molecule has 1 N–H and O–H groups in total. The van der Waals surface area contributed by atoms with Gasteiger partial charge < -0.3 is 10.2 Å². The summed E-state index contributed by atoms with van der Waals surface area (Å²) in [5.74, 6) is 0. The van der Waals surface area contributed by atoms with E-state index in [0.717, 1.165) is 18.8 Å². The molecule has 1 fully saturated rings. The highest BCUT2D eigenvalue weighted by molar-refractivity contribution is 5.51.